The minimum absolute atomic E-state index is 0.0806. The zero-order chi connectivity index (χ0) is 24.7. The highest BCUT2D eigenvalue weighted by Crippen LogP contribution is 2.22. The highest BCUT2D eigenvalue weighted by atomic mass is 35.5. The number of hydrogen-bond donors (Lipinski definition) is 2. The van der Waals surface area contributed by atoms with Crippen LogP contribution in [-0.4, -0.2) is 29.6 Å². The molecule has 0 aromatic heterocycles. The average molecular weight is 481 g/mol. The first-order valence-electron chi connectivity index (χ1n) is 10.1. The average Bonchev–Trinajstić information content (AvgIpc) is 2.81. The highest BCUT2D eigenvalue weighted by molar-refractivity contribution is 6.30. The number of ether oxygens (including phenoxy) is 1. The van der Waals surface area contributed by atoms with Gasteiger partial charge in [-0.25, -0.2) is 5.43 Å². The number of carbonyl (C=O) groups is 2. The molecule has 0 aliphatic rings. The zero-order valence-electron chi connectivity index (χ0n) is 18.4. The lowest BCUT2D eigenvalue weighted by atomic mass is 10.1. The second-order valence-electron chi connectivity index (χ2n) is 7.27. The van der Waals surface area contributed by atoms with E-state index < -0.39 is 10.8 Å². The van der Waals surface area contributed by atoms with Crippen LogP contribution in [0.4, 0.5) is 11.4 Å². The van der Waals surface area contributed by atoms with E-state index >= 15 is 0 Å². The Morgan fingerprint density at radius 2 is 1.88 bits per heavy atom. The molecule has 0 aliphatic carbocycles. The lowest BCUT2D eigenvalue weighted by molar-refractivity contribution is -0.384. The third kappa shape index (κ3) is 6.39. The van der Waals surface area contributed by atoms with Gasteiger partial charge in [0.2, 0.25) is 0 Å². The number of nitrogens with zero attached hydrogens (tertiary/aromatic N) is 2. The van der Waals surface area contributed by atoms with Gasteiger partial charge in [0.25, 0.3) is 17.5 Å². The van der Waals surface area contributed by atoms with Crippen LogP contribution in [0, 0.1) is 24.0 Å². The summed E-state index contributed by atoms with van der Waals surface area (Å²) in [5.41, 5.74) is 5.32. The molecule has 0 bridgehead atoms. The fourth-order valence-corrected chi connectivity index (χ4v) is 3.13. The highest BCUT2D eigenvalue weighted by Gasteiger charge is 2.12. The van der Waals surface area contributed by atoms with Crippen LogP contribution in [-0.2, 0) is 4.79 Å². The van der Waals surface area contributed by atoms with Crippen molar-refractivity contribution in [2.45, 2.75) is 13.8 Å². The number of carbonyl (C=O) groups excluding carboxylic acids is 2. The Morgan fingerprint density at radius 1 is 1.12 bits per heavy atom. The Kier molecular flexibility index (Phi) is 7.94. The van der Waals surface area contributed by atoms with Crippen molar-refractivity contribution < 1.29 is 19.2 Å². The lowest BCUT2D eigenvalue weighted by Gasteiger charge is -2.12. The molecular formula is C24H21ClN4O5. The van der Waals surface area contributed by atoms with Gasteiger partial charge in [-0.2, -0.15) is 5.10 Å². The van der Waals surface area contributed by atoms with Crippen molar-refractivity contribution in [3.05, 3.63) is 98.1 Å². The molecule has 3 aromatic carbocycles. The molecule has 0 fully saturated rings. The number of aryl methyl sites for hydroxylation is 1. The van der Waals surface area contributed by atoms with Gasteiger partial charge >= 0.3 is 0 Å². The van der Waals surface area contributed by atoms with E-state index in [1.807, 2.05) is 32.0 Å². The van der Waals surface area contributed by atoms with Crippen molar-refractivity contribution in [2.75, 3.05) is 11.9 Å². The Hall–Kier alpha value is -4.24. The summed E-state index contributed by atoms with van der Waals surface area (Å²) in [6.45, 7) is 3.62. The number of nitrogens with one attached hydrogen (secondary N) is 2. The number of nitro benzene ring substituents is 1. The van der Waals surface area contributed by atoms with Crippen LogP contribution in [0.15, 0.2) is 65.8 Å². The number of anilines is 1. The summed E-state index contributed by atoms with van der Waals surface area (Å²) in [6, 6.07) is 15.6. The van der Waals surface area contributed by atoms with Crippen LogP contribution in [0.5, 0.6) is 5.75 Å². The van der Waals surface area contributed by atoms with Gasteiger partial charge in [0.15, 0.2) is 6.61 Å². The SMILES string of the molecule is Cc1cccc(NC(=O)COc2ccc(Cl)cc2/C=N/NC(=O)c2cccc([N+](=O)[O-])c2)c1C. The maximum atomic E-state index is 12.4. The van der Waals surface area contributed by atoms with Gasteiger partial charge in [0.05, 0.1) is 11.1 Å². The van der Waals surface area contributed by atoms with Gasteiger partial charge in [-0.05, 0) is 55.3 Å². The lowest BCUT2D eigenvalue weighted by Crippen LogP contribution is -2.21. The molecule has 0 atom stereocenters. The standard InChI is InChI=1S/C24H21ClN4O5/c1-15-5-3-8-21(16(15)2)27-23(30)14-34-22-10-9-19(25)11-18(22)13-26-28-24(31)17-6-4-7-20(12-17)29(32)33/h3-13H,14H2,1-2H3,(H,27,30)(H,28,31)/b26-13+. The van der Waals surface area contributed by atoms with Crippen molar-refractivity contribution >= 4 is 41.0 Å². The summed E-state index contributed by atoms with van der Waals surface area (Å²) < 4.78 is 5.63. The van der Waals surface area contributed by atoms with E-state index in [-0.39, 0.29) is 23.8 Å². The third-order valence-electron chi connectivity index (χ3n) is 4.90. The molecule has 0 saturated carbocycles. The van der Waals surface area contributed by atoms with E-state index in [4.69, 9.17) is 16.3 Å². The second kappa shape index (κ2) is 11.1. The van der Waals surface area contributed by atoms with Gasteiger partial charge in [0.1, 0.15) is 5.75 Å². The number of hydrazone groups is 1. The molecule has 0 aliphatic heterocycles. The van der Waals surface area contributed by atoms with Crippen molar-refractivity contribution in [1.29, 1.82) is 0 Å². The first-order chi connectivity index (χ1) is 16.2. The first-order valence-corrected chi connectivity index (χ1v) is 10.5. The minimum Gasteiger partial charge on any atom is -0.483 e. The van der Waals surface area contributed by atoms with E-state index in [2.05, 4.69) is 15.8 Å². The van der Waals surface area contributed by atoms with Gasteiger partial charge < -0.3 is 10.1 Å². The molecule has 34 heavy (non-hydrogen) atoms. The van der Waals surface area contributed by atoms with Crippen LogP contribution in [0.3, 0.4) is 0 Å². The second-order valence-corrected chi connectivity index (χ2v) is 7.71. The van der Waals surface area contributed by atoms with Crippen molar-refractivity contribution in [3.63, 3.8) is 0 Å². The van der Waals surface area contributed by atoms with Gasteiger partial charge in [-0.3, -0.25) is 19.7 Å². The Balaban J connectivity index is 1.65. The van der Waals surface area contributed by atoms with Gasteiger partial charge in [0, 0.05) is 34.0 Å². The Bertz CT molecular complexity index is 1280. The smallest absolute Gasteiger partial charge is 0.271 e. The molecule has 0 heterocycles. The summed E-state index contributed by atoms with van der Waals surface area (Å²) in [6.07, 6.45) is 1.30. The molecule has 174 valence electrons. The number of benzene rings is 3. The van der Waals surface area contributed by atoms with E-state index in [0.29, 0.717) is 22.0 Å². The topological polar surface area (TPSA) is 123 Å². The summed E-state index contributed by atoms with van der Waals surface area (Å²) >= 11 is 6.06. The van der Waals surface area contributed by atoms with Crippen molar-refractivity contribution in [3.8, 4) is 5.75 Å². The predicted molar refractivity (Wildman–Crippen MR) is 130 cm³/mol. The van der Waals surface area contributed by atoms with Crippen molar-refractivity contribution in [2.24, 2.45) is 5.10 Å². The maximum Gasteiger partial charge on any atom is 0.271 e. The summed E-state index contributed by atoms with van der Waals surface area (Å²) in [5.74, 6) is -0.642. The normalized spacial score (nSPS) is 10.7. The zero-order valence-corrected chi connectivity index (χ0v) is 19.1. The first kappa shape index (κ1) is 24.4. The number of halogens is 1. The summed E-state index contributed by atoms with van der Waals surface area (Å²) in [7, 11) is 0. The monoisotopic (exact) mass is 480 g/mol. The number of rotatable bonds is 8. The van der Waals surface area contributed by atoms with Crippen LogP contribution in [0.2, 0.25) is 5.02 Å². The molecule has 2 N–H and O–H groups in total. The van der Waals surface area contributed by atoms with Crippen LogP contribution >= 0.6 is 11.6 Å². The Labute approximate surface area is 200 Å². The molecule has 3 aromatic rings. The van der Waals surface area contributed by atoms with E-state index in [9.17, 15) is 19.7 Å². The quantitative estimate of drug-likeness (QED) is 0.276. The Morgan fingerprint density at radius 3 is 2.65 bits per heavy atom. The number of hydrogen-bond acceptors (Lipinski definition) is 6. The van der Waals surface area contributed by atoms with Crippen LogP contribution < -0.4 is 15.5 Å². The van der Waals surface area contributed by atoms with Crippen LogP contribution in [0.1, 0.15) is 27.0 Å². The third-order valence-corrected chi connectivity index (χ3v) is 5.13. The number of amides is 2. The largest absolute Gasteiger partial charge is 0.483 e. The molecule has 0 radical (unpaired) electrons. The molecule has 0 unspecified atom stereocenters. The van der Waals surface area contributed by atoms with Crippen LogP contribution in [0.25, 0.3) is 0 Å². The summed E-state index contributed by atoms with van der Waals surface area (Å²) in [4.78, 5) is 34.9. The molecule has 0 saturated heterocycles. The molecule has 0 spiro atoms. The van der Waals surface area contributed by atoms with Gasteiger partial charge in [-0.15, -0.1) is 0 Å². The number of nitro groups is 1. The number of non-ortho nitro benzene ring substituents is 1. The molecule has 10 heteroatoms. The van der Waals surface area contributed by atoms with E-state index in [1.54, 1.807) is 18.2 Å². The predicted octanol–water partition coefficient (Wildman–Crippen LogP) is 4.65. The van der Waals surface area contributed by atoms with E-state index in [1.165, 1.54) is 24.4 Å². The fraction of sp³-hybridized carbons (Fsp3) is 0.125. The molecular weight excluding hydrogens is 460 g/mol. The molecule has 9 nitrogen and oxygen atoms in total. The fourth-order valence-electron chi connectivity index (χ4n) is 2.95. The van der Waals surface area contributed by atoms with Gasteiger partial charge in [-0.1, -0.05) is 29.8 Å². The molecule has 2 amide bonds. The van der Waals surface area contributed by atoms with Crippen molar-refractivity contribution in [1.82, 2.24) is 5.43 Å². The summed E-state index contributed by atoms with van der Waals surface area (Å²) in [5, 5.41) is 18.0. The van der Waals surface area contributed by atoms with E-state index in [0.717, 1.165) is 17.2 Å². The molecule has 3 rings (SSSR count). The maximum absolute atomic E-state index is 12.4. The minimum atomic E-state index is -0.627.